The SMILES string of the molecule is CC(C)c1ccc(OCCN(C)C(=O)C2CC3(CCNCC3)CN2C)cc1. The molecule has 2 saturated heterocycles. The number of nitrogens with one attached hydrogen (secondary N) is 1. The van der Waals surface area contributed by atoms with Gasteiger partial charge in [-0.3, -0.25) is 9.69 Å². The van der Waals surface area contributed by atoms with Gasteiger partial charge in [0, 0.05) is 13.6 Å². The maximum absolute atomic E-state index is 13.0. The van der Waals surface area contributed by atoms with E-state index in [1.165, 1.54) is 18.4 Å². The Kier molecular flexibility index (Phi) is 6.43. The second kappa shape index (κ2) is 8.61. The molecular weight excluding hydrogens is 338 g/mol. The first kappa shape index (κ1) is 20.2. The summed E-state index contributed by atoms with van der Waals surface area (Å²) in [5.74, 6) is 1.62. The quantitative estimate of drug-likeness (QED) is 0.833. The summed E-state index contributed by atoms with van der Waals surface area (Å²) in [6, 6.07) is 8.27. The number of nitrogens with zero attached hydrogens (tertiary/aromatic N) is 2. The fourth-order valence-electron chi connectivity index (χ4n) is 4.48. The van der Waals surface area contributed by atoms with Crippen LogP contribution >= 0.6 is 0 Å². The molecule has 2 aliphatic heterocycles. The summed E-state index contributed by atoms with van der Waals surface area (Å²) in [6.07, 6.45) is 3.35. The molecule has 0 radical (unpaired) electrons. The zero-order valence-corrected chi connectivity index (χ0v) is 17.3. The van der Waals surface area contributed by atoms with Gasteiger partial charge < -0.3 is 15.0 Å². The van der Waals surface area contributed by atoms with Gasteiger partial charge in [0.1, 0.15) is 12.4 Å². The van der Waals surface area contributed by atoms with Crippen molar-refractivity contribution in [2.75, 3.05) is 46.9 Å². The van der Waals surface area contributed by atoms with Crippen molar-refractivity contribution in [1.29, 1.82) is 0 Å². The van der Waals surface area contributed by atoms with Gasteiger partial charge in [0.25, 0.3) is 0 Å². The molecule has 1 aromatic carbocycles. The van der Waals surface area contributed by atoms with Gasteiger partial charge in [0.2, 0.25) is 5.91 Å². The zero-order valence-electron chi connectivity index (χ0n) is 17.3. The molecule has 27 heavy (non-hydrogen) atoms. The largest absolute Gasteiger partial charge is 0.492 e. The second-order valence-corrected chi connectivity index (χ2v) is 8.72. The van der Waals surface area contributed by atoms with Crippen molar-refractivity contribution in [3.63, 3.8) is 0 Å². The van der Waals surface area contributed by atoms with Crippen LogP contribution in [0.15, 0.2) is 24.3 Å². The first-order valence-electron chi connectivity index (χ1n) is 10.3. The highest BCUT2D eigenvalue weighted by molar-refractivity contribution is 5.82. The van der Waals surface area contributed by atoms with Crippen LogP contribution in [0.5, 0.6) is 5.75 Å². The van der Waals surface area contributed by atoms with Gasteiger partial charge in [-0.2, -0.15) is 0 Å². The molecule has 1 unspecified atom stereocenters. The predicted molar refractivity (Wildman–Crippen MR) is 109 cm³/mol. The Morgan fingerprint density at radius 1 is 1.30 bits per heavy atom. The van der Waals surface area contributed by atoms with E-state index in [2.05, 4.69) is 43.2 Å². The number of likely N-dealkylation sites (N-methyl/N-ethyl adjacent to an activating group) is 2. The maximum Gasteiger partial charge on any atom is 0.239 e. The third-order valence-corrected chi connectivity index (χ3v) is 6.31. The molecule has 1 amide bonds. The Morgan fingerprint density at radius 3 is 2.59 bits per heavy atom. The Bertz CT molecular complexity index is 623. The molecule has 0 aromatic heterocycles. The average Bonchev–Trinajstić information content (AvgIpc) is 2.97. The van der Waals surface area contributed by atoms with E-state index in [9.17, 15) is 4.79 Å². The number of piperidine rings is 1. The summed E-state index contributed by atoms with van der Waals surface area (Å²) in [5, 5.41) is 3.44. The topological polar surface area (TPSA) is 44.8 Å². The van der Waals surface area contributed by atoms with Crippen LogP contribution in [0.25, 0.3) is 0 Å². The van der Waals surface area contributed by atoms with Crippen molar-refractivity contribution < 1.29 is 9.53 Å². The number of benzene rings is 1. The molecule has 0 aliphatic carbocycles. The molecule has 150 valence electrons. The van der Waals surface area contributed by atoms with Crippen LogP contribution in [0.2, 0.25) is 0 Å². The fraction of sp³-hybridized carbons (Fsp3) is 0.682. The summed E-state index contributed by atoms with van der Waals surface area (Å²) in [5.41, 5.74) is 1.64. The summed E-state index contributed by atoms with van der Waals surface area (Å²) in [6.45, 7) is 8.70. The smallest absolute Gasteiger partial charge is 0.239 e. The molecule has 3 rings (SSSR count). The lowest BCUT2D eigenvalue weighted by Gasteiger charge is -2.33. The minimum absolute atomic E-state index is 0.0124. The normalized spacial score (nSPS) is 22.3. The summed E-state index contributed by atoms with van der Waals surface area (Å²) >= 11 is 0. The molecule has 2 heterocycles. The van der Waals surface area contributed by atoms with Crippen LogP contribution < -0.4 is 10.1 Å². The Morgan fingerprint density at radius 2 is 1.96 bits per heavy atom. The fourth-order valence-corrected chi connectivity index (χ4v) is 4.48. The van der Waals surface area contributed by atoms with E-state index in [4.69, 9.17) is 4.74 Å². The van der Waals surface area contributed by atoms with Gasteiger partial charge in [-0.1, -0.05) is 26.0 Å². The number of amides is 1. The van der Waals surface area contributed by atoms with E-state index in [-0.39, 0.29) is 11.9 Å². The third kappa shape index (κ3) is 4.82. The first-order valence-corrected chi connectivity index (χ1v) is 10.3. The van der Waals surface area contributed by atoms with E-state index in [0.29, 0.717) is 24.5 Å². The number of rotatable bonds is 6. The minimum Gasteiger partial charge on any atom is -0.492 e. The zero-order chi connectivity index (χ0) is 19.4. The first-order chi connectivity index (χ1) is 12.9. The van der Waals surface area contributed by atoms with E-state index in [0.717, 1.165) is 31.8 Å². The van der Waals surface area contributed by atoms with Crippen molar-refractivity contribution in [2.45, 2.75) is 45.1 Å². The van der Waals surface area contributed by atoms with Crippen LogP contribution in [0, 0.1) is 5.41 Å². The molecular formula is C22H35N3O2. The summed E-state index contributed by atoms with van der Waals surface area (Å²) in [7, 11) is 3.99. The minimum atomic E-state index is 0.0124. The van der Waals surface area contributed by atoms with Gasteiger partial charge in [0.15, 0.2) is 0 Å². The lowest BCUT2D eigenvalue weighted by Crippen LogP contribution is -2.43. The molecule has 0 saturated carbocycles. The molecule has 1 N–H and O–H groups in total. The molecule has 2 fully saturated rings. The number of carbonyl (C=O) groups excluding carboxylic acids is 1. The Labute approximate surface area is 164 Å². The molecule has 0 bridgehead atoms. The van der Waals surface area contributed by atoms with Crippen molar-refractivity contribution in [1.82, 2.24) is 15.1 Å². The molecule has 1 atom stereocenters. The van der Waals surface area contributed by atoms with Gasteiger partial charge in [-0.15, -0.1) is 0 Å². The van der Waals surface area contributed by atoms with Crippen LogP contribution in [0.3, 0.4) is 0 Å². The van der Waals surface area contributed by atoms with Crippen LogP contribution in [0.1, 0.15) is 44.6 Å². The lowest BCUT2D eigenvalue weighted by atomic mass is 9.77. The standard InChI is InChI=1S/C22H35N3O2/c1-17(2)18-5-7-19(8-6-18)27-14-13-24(3)21(26)20-15-22(16-25(20)4)9-11-23-12-10-22/h5-8,17,20,23H,9-16H2,1-4H3. The van der Waals surface area contributed by atoms with Crippen LogP contribution in [-0.4, -0.2) is 68.6 Å². The van der Waals surface area contributed by atoms with Crippen molar-refractivity contribution in [3.8, 4) is 5.75 Å². The monoisotopic (exact) mass is 373 g/mol. The summed E-state index contributed by atoms with van der Waals surface area (Å²) < 4.78 is 5.85. The molecule has 5 nitrogen and oxygen atoms in total. The van der Waals surface area contributed by atoms with Gasteiger partial charge >= 0.3 is 0 Å². The van der Waals surface area contributed by atoms with Crippen LogP contribution in [-0.2, 0) is 4.79 Å². The number of hydrogen-bond acceptors (Lipinski definition) is 4. The van der Waals surface area contributed by atoms with E-state index in [1.54, 1.807) is 0 Å². The number of likely N-dealkylation sites (tertiary alicyclic amines) is 1. The van der Waals surface area contributed by atoms with E-state index >= 15 is 0 Å². The van der Waals surface area contributed by atoms with Crippen molar-refractivity contribution in [3.05, 3.63) is 29.8 Å². The van der Waals surface area contributed by atoms with Crippen LogP contribution in [0.4, 0.5) is 0 Å². The number of carbonyl (C=O) groups is 1. The maximum atomic E-state index is 13.0. The Balaban J connectivity index is 1.47. The van der Waals surface area contributed by atoms with Crippen molar-refractivity contribution >= 4 is 5.91 Å². The van der Waals surface area contributed by atoms with Gasteiger partial charge in [-0.05, 0) is 68.4 Å². The Hall–Kier alpha value is -1.59. The third-order valence-electron chi connectivity index (χ3n) is 6.31. The summed E-state index contributed by atoms with van der Waals surface area (Å²) in [4.78, 5) is 17.1. The highest BCUT2D eigenvalue weighted by atomic mass is 16.5. The number of hydrogen-bond donors (Lipinski definition) is 1. The molecule has 1 aromatic rings. The molecule has 2 aliphatic rings. The van der Waals surface area contributed by atoms with E-state index in [1.807, 2.05) is 24.1 Å². The van der Waals surface area contributed by atoms with E-state index < -0.39 is 0 Å². The highest BCUT2D eigenvalue weighted by Gasteiger charge is 2.46. The van der Waals surface area contributed by atoms with Gasteiger partial charge in [-0.25, -0.2) is 0 Å². The highest BCUT2D eigenvalue weighted by Crippen LogP contribution is 2.41. The predicted octanol–water partition coefficient (Wildman–Crippen LogP) is 2.72. The molecule has 5 heteroatoms. The second-order valence-electron chi connectivity index (χ2n) is 8.72. The lowest BCUT2D eigenvalue weighted by molar-refractivity contribution is -0.134. The van der Waals surface area contributed by atoms with Gasteiger partial charge in [0.05, 0.1) is 12.6 Å². The van der Waals surface area contributed by atoms with Crippen molar-refractivity contribution in [2.24, 2.45) is 5.41 Å². The average molecular weight is 374 g/mol. The number of ether oxygens (including phenoxy) is 1. The molecule has 1 spiro atoms.